The second-order valence-corrected chi connectivity index (χ2v) is 9.64. The van der Waals surface area contributed by atoms with Crippen LogP contribution in [0.2, 0.25) is 5.02 Å². The molecule has 8 heteroatoms. The van der Waals surface area contributed by atoms with Gasteiger partial charge in [0.1, 0.15) is 11.8 Å². The molecule has 1 atom stereocenters. The van der Waals surface area contributed by atoms with Crippen LogP contribution in [0, 0.1) is 5.92 Å². The van der Waals surface area contributed by atoms with Gasteiger partial charge in [0, 0.05) is 42.3 Å². The van der Waals surface area contributed by atoms with Gasteiger partial charge in [-0.2, -0.15) is 0 Å². The van der Waals surface area contributed by atoms with Gasteiger partial charge in [0.05, 0.1) is 7.11 Å². The normalized spacial score (nSPS) is 17.5. The lowest BCUT2D eigenvalue weighted by molar-refractivity contribution is -0.136. The topological polar surface area (TPSA) is 79.0 Å². The second kappa shape index (κ2) is 11.6. The number of piperidine rings is 2. The van der Waals surface area contributed by atoms with E-state index in [4.69, 9.17) is 16.3 Å². The van der Waals surface area contributed by atoms with Gasteiger partial charge in [-0.15, -0.1) is 0 Å². The zero-order chi connectivity index (χ0) is 24.8. The largest absolute Gasteiger partial charge is 0.497 e. The van der Waals surface area contributed by atoms with Crippen molar-refractivity contribution < 1.29 is 19.1 Å². The van der Waals surface area contributed by atoms with Gasteiger partial charge in [-0.3, -0.25) is 14.4 Å². The summed E-state index contributed by atoms with van der Waals surface area (Å²) >= 11 is 5.95. The summed E-state index contributed by atoms with van der Waals surface area (Å²) in [6.07, 6.45) is 4.37. The Morgan fingerprint density at radius 1 is 0.914 bits per heavy atom. The Morgan fingerprint density at radius 2 is 1.60 bits per heavy atom. The minimum absolute atomic E-state index is 0.0246. The summed E-state index contributed by atoms with van der Waals surface area (Å²) in [6.45, 7) is 2.51. The average Bonchev–Trinajstić information content (AvgIpc) is 2.92. The number of likely N-dealkylation sites (tertiary alicyclic amines) is 2. The van der Waals surface area contributed by atoms with Crippen LogP contribution < -0.4 is 10.1 Å². The standard InChI is InChI=1S/C27H32ClN3O4/c1-35-23-7-5-6-21(18-23)25(32)29-24(27(34)30-14-3-2-4-15-30)19-12-16-31(17-13-19)26(33)20-8-10-22(28)11-9-20/h5-11,18-19,24H,2-4,12-17H2,1H3,(H,29,32)/t24-/m0/s1. The fourth-order valence-corrected chi connectivity index (χ4v) is 5.02. The minimum atomic E-state index is -0.625. The van der Waals surface area contributed by atoms with E-state index in [1.54, 1.807) is 55.6 Å². The number of benzene rings is 2. The van der Waals surface area contributed by atoms with Crippen molar-refractivity contribution in [1.82, 2.24) is 15.1 Å². The van der Waals surface area contributed by atoms with E-state index in [9.17, 15) is 14.4 Å². The molecule has 2 aromatic rings. The Morgan fingerprint density at radius 3 is 2.26 bits per heavy atom. The quantitative estimate of drug-likeness (QED) is 0.654. The lowest BCUT2D eigenvalue weighted by atomic mass is 9.87. The highest BCUT2D eigenvalue weighted by molar-refractivity contribution is 6.30. The van der Waals surface area contributed by atoms with Crippen LogP contribution in [0.25, 0.3) is 0 Å². The van der Waals surface area contributed by atoms with Gasteiger partial charge in [0.25, 0.3) is 11.8 Å². The maximum Gasteiger partial charge on any atom is 0.253 e. The van der Waals surface area contributed by atoms with Gasteiger partial charge < -0.3 is 19.9 Å². The smallest absolute Gasteiger partial charge is 0.253 e. The maximum absolute atomic E-state index is 13.5. The van der Waals surface area contributed by atoms with Crippen LogP contribution in [-0.4, -0.2) is 66.9 Å². The van der Waals surface area contributed by atoms with Crippen molar-refractivity contribution in [2.24, 2.45) is 5.92 Å². The third kappa shape index (κ3) is 6.14. The summed E-state index contributed by atoms with van der Waals surface area (Å²) in [6, 6.07) is 13.2. The zero-order valence-electron chi connectivity index (χ0n) is 20.0. The van der Waals surface area contributed by atoms with Crippen LogP contribution >= 0.6 is 11.6 Å². The number of methoxy groups -OCH3 is 1. The van der Waals surface area contributed by atoms with Gasteiger partial charge in [-0.05, 0) is 80.5 Å². The first-order valence-electron chi connectivity index (χ1n) is 12.2. The van der Waals surface area contributed by atoms with E-state index < -0.39 is 6.04 Å². The summed E-state index contributed by atoms with van der Waals surface area (Å²) in [4.78, 5) is 43.3. The molecule has 0 saturated carbocycles. The third-order valence-electron chi connectivity index (χ3n) is 6.94. The predicted octanol–water partition coefficient (Wildman–Crippen LogP) is 4.01. The summed E-state index contributed by atoms with van der Waals surface area (Å²) in [5, 5.41) is 3.62. The number of amides is 3. The number of carbonyl (C=O) groups is 3. The van der Waals surface area contributed by atoms with Crippen LogP contribution in [0.3, 0.4) is 0 Å². The Hall–Kier alpha value is -3.06. The van der Waals surface area contributed by atoms with Gasteiger partial charge in [0.15, 0.2) is 0 Å². The third-order valence-corrected chi connectivity index (χ3v) is 7.19. The molecule has 1 N–H and O–H groups in total. The number of rotatable bonds is 6. The van der Waals surface area contributed by atoms with Crippen molar-refractivity contribution in [2.45, 2.75) is 38.1 Å². The predicted molar refractivity (Wildman–Crippen MR) is 135 cm³/mol. The number of halogens is 1. The highest BCUT2D eigenvalue weighted by atomic mass is 35.5. The first kappa shape index (κ1) is 25.0. The van der Waals surface area contributed by atoms with Crippen molar-refractivity contribution >= 4 is 29.3 Å². The molecule has 0 bridgehead atoms. The van der Waals surface area contributed by atoms with E-state index in [1.807, 2.05) is 9.80 Å². The van der Waals surface area contributed by atoms with Crippen LogP contribution in [0.5, 0.6) is 5.75 Å². The number of hydrogen-bond acceptors (Lipinski definition) is 4. The molecule has 0 aromatic heterocycles. The van der Waals surface area contributed by atoms with E-state index in [0.29, 0.717) is 47.8 Å². The second-order valence-electron chi connectivity index (χ2n) is 9.21. The molecule has 0 aliphatic carbocycles. The minimum Gasteiger partial charge on any atom is -0.497 e. The number of carbonyl (C=O) groups excluding carboxylic acids is 3. The highest BCUT2D eigenvalue weighted by Crippen LogP contribution is 2.25. The summed E-state index contributed by atoms with van der Waals surface area (Å²) in [5.41, 5.74) is 1.05. The highest BCUT2D eigenvalue weighted by Gasteiger charge is 2.36. The molecule has 2 fully saturated rings. The van der Waals surface area contributed by atoms with Crippen molar-refractivity contribution in [1.29, 1.82) is 0 Å². The van der Waals surface area contributed by atoms with Gasteiger partial charge in [0.2, 0.25) is 5.91 Å². The Kier molecular flexibility index (Phi) is 8.29. The number of nitrogens with one attached hydrogen (secondary N) is 1. The van der Waals surface area contributed by atoms with E-state index in [0.717, 1.165) is 32.4 Å². The lowest BCUT2D eigenvalue weighted by Gasteiger charge is -2.38. The van der Waals surface area contributed by atoms with Gasteiger partial charge in [-0.25, -0.2) is 0 Å². The molecule has 4 rings (SSSR count). The van der Waals surface area contributed by atoms with Crippen LogP contribution in [-0.2, 0) is 4.79 Å². The number of ether oxygens (including phenoxy) is 1. The maximum atomic E-state index is 13.5. The molecule has 0 radical (unpaired) electrons. The fourth-order valence-electron chi connectivity index (χ4n) is 4.89. The fraction of sp³-hybridized carbons (Fsp3) is 0.444. The van der Waals surface area contributed by atoms with Crippen LogP contribution in [0.4, 0.5) is 0 Å². The number of hydrogen-bond donors (Lipinski definition) is 1. The van der Waals surface area contributed by atoms with Crippen LogP contribution in [0.1, 0.15) is 52.8 Å². The molecule has 35 heavy (non-hydrogen) atoms. The van der Waals surface area contributed by atoms with Crippen molar-refractivity contribution in [3.05, 3.63) is 64.7 Å². The summed E-state index contributed by atoms with van der Waals surface area (Å²) in [5.74, 6) is 0.181. The zero-order valence-corrected chi connectivity index (χ0v) is 20.8. The van der Waals surface area contributed by atoms with Gasteiger partial charge in [-0.1, -0.05) is 17.7 Å². The molecule has 2 heterocycles. The Labute approximate surface area is 211 Å². The molecule has 2 aromatic carbocycles. The lowest BCUT2D eigenvalue weighted by Crippen LogP contribution is -2.55. The summed E-state index contributed by atoms with van der Waals surface area (Å²) < 4.78 is 5.25. The van der Waals surface area contributed by atoms with E-state index in [2.05, 4.69) is 5.32 Å². The molecule has 2 aliphatic heterocycles. The molecule has 0 spiro atoms. The van der Waals surface area contributed by atoms with E-state index in [-0.39, 0.29) is 23.6 Å². The first-order valence-corrected chi connectivity index (χ1v) is 12.6. The summed E-state index contributed by atoms with van der Waals surface area (Å²) in [7, 11) is 1.55. The molecule has 3 amide bonds. The molecule has 2 aliphatic rings. The van der Waals surface area contributed by atoms with Crippen molar-refractivity contribution in [3.8, 4) is 5.75 Å². The molecule has 186 valence electrons. The number of nitrogens with zero attached hydrogens (tertiary/aromatic N) is 2. The molecular weight excluding hydrogens is 466 g/mol. The first-order chi connectivity index (χ1) is 17.0. The Bertz CT molecular complexity index is 1040. The van der Waals surface area contributed by atoms with E-state index in [1.165, 1.54) is 0 Å². The van der Waals surface area contributed by atoms with Crippen LogP contribution in [0.15, 0.2) is 48.5 Å². The molecule has 0 unspecified atom stereocenters. The average molecular weight is 498 g/mol. The van der Waals surface area contributed by atoms with Gasteiger partial charge >= 0.3 is 0 Å². The van der Waals surface area contributed by atoms with Crippen molar-refractivity contribution in [2.75, 3.05) is 33.3 Å². The molecular formula is C27H32ClN3O4. The molecule has 2 saturated heterocycles. The SMILES string of the molecule is COc1cccc(C(=O)N[C@H](C(=O)N2CCCCC2)C2CCN(C(=O)c3ccc(Cl)cc3)CC2)c1. The van der Waals surface area contributed by atoms with E-state index >= 15 is 0 Å². The monoisotopic (exact) mass is 497 g/mol. The Balaban J connectivity index is 1.47. The molecule has 7 nitrogen and oxygen atoms in total. The van der Waals surface area contributed by atoms with Crippen molar-refractivity contribution in [3.63, 3.8) is 0 Å².